The van der Waals surface area contributed by atoms with Crippen LogP contribution in [0.1, 0.15) is 5.56 Å². The summed E-state index contributed by atoms with van der Waals surface area (Å²) in [6, 6.07) is 4.93. The molecule has 1 aromatic rings. The summed E-state index contributed by atoms with van der Waals surface area (Å²) in [5.74, 6) is 0.387. The molecule has 0 aliphatic carbocycles. The summed E-state index contributed by atoms with van der Waals surface area (Å²) >= 11 is 0. The van der Waals surface area contributed by atoms with Crippen molar-refractivity contribution < 1.29 is 13.5 Å². The number of alkyl halides is 2. The third-order valence-electron chi connectivity index (χ3n) is 1.45. The Hall–Kier alpha value is -1.32. The predicted molar refractivity (Wildman–Crippen MR) is 47.1 cm³/mol. The van der Waals surface area contributed by atoms with E-state index in [4.69, 9.17) is 10.5 Å². The molecule has 4 heteroatoms. The standard InChI is InChI=1S/C9H11F2NO/c1-6-2-7(12)4-8(3-6)13-5-9(10)11/h2-4,9H,5,12H2,1H3. The molecule has 2 N–H and O–H groups in total. The Morgan fingerprint density at radius 2 is 2.08 bits per heavy atom. The lowest BCUT2D eigenvalue weighted by molar-refractivity contribution is 0.0819. The SMILES string of the molecule is Cc1cc(N)cc(OCC(F)F)c1. The Labute approximate surface area is 75.3 Å². The van der Waals surface area contributed by atoms with Crippen LogP contribution >= 0.6 is 0 Å². The molecule has 0 aliphatic rings. The molecular formula is C9H11F2NO. The first kappa shape index (κ1) is 9.77. The van der Waals surface area contributed by atoms with Gasteiger partial charge in [0.25, 0.3) is 6.43 Å². The second kappa shape index (κ2) is 4.07. The molecule has 0 saturated heterocycles. The number of ether oxygens (including phenoxy) is 1. The third kappa shape index (κ3) is 3.27. The lowest BCUT2D eigenvalue weighted by Gasteiger charge is -2.06. The first-order valence-electron chi connectivity index (χ1n) is 3.86. The number of aryl methyl sites for hydroxylation is 1. The zero-order valence-electron chi connectivity index (χ0n) is 7.26. The Morgan fingerprint density at radius 3 is 2.62 bits per heavy atom. The van der Waals surface area contributed by atoms with E-state index in [-0.39, 0.29) is 0 Å². The number of rotatable bonds is 3. The van der Waals surface area contributed by atoms with Crippen molar-refractivity contribution in [1.82, 2.24) is 0 Å². The maximum absolute atomic E-state index is 11.8. The average Bonchev–Trinajstić information content (AvgIpc) is 1.99. The van der Waals surface area contributed by atoms with Gasteiger partial charge in [-0.2, -0.15) is 0 Å². The van der Waals surface area contributed by atoms with Crippen LogP contribution in [-0.4, -0.2) is 13.0 Å². The minimum Gasteiger partial charge on any atom is -0.488 e. The van der Waals surface area contributed by atoms with Gasteiger partial charge in [0.05, 0.1) is 0 Å². The van der Waals surface area contributed by atoms with Crippen LogP contribution in [0.15, 0.2) is 18.2 Å². The van der Waals surface area contributed by atoms with Gasteiger partial charge in [0, 0.05) is 11.8 Å². The van der Waals surface area contributed by atoms with Crippen molar-refractivity contribution in [2.75, 3.05) is 12.3 Å². The van der Waals surface area contributed by atoms with Gasteiger partial charge in [-0.25, -0.2) is 8.78 Å². The van der Waals surface area contributed by atoms with Gasteiger partial charge < -0.3 is 10.5 Å². The van der Waals surface area contributed by atoms with E-state index in [9.17, 15) is 8.78 Å². The zero-order valence-corrected chi connectivity index (χ0v) is 7.26. The van der Waals surface area contributed by atoms with Gasteiger partial charge in [-0.15, -0.1) is 0 Å². The predicted octanol–water partition coefficient (Wildman–Crippen LogP) is 2.22. The van der Waals surface area contributed by atoms with Crippen LogP contribution in [0.4, 0.5) is 14.5 Å². The van der Waals surface area contributed by atoms with Crippen molar-refractivity contribution in [3.05, 3.63) is 23.8 Å². The first-order valence-corrected chi connectivity index (χ1v) is 3.86. The topological polar surface area (TPSA) is 35.2 Å². The van der Waals surface area contributed by atoms with Crippen LogP contribution in [0.25, 0.3) is 0 Å². The summed E-state index contributed by atoms with van der Waals surface area (Å²) in [6.07, 6.45) is -2.46. The van der Waals surface area contributed by atoms with Gasteiger partial charge in [0.15, 0.2) is 0 Å². The van der Waals surface area contributed by atoms with Crippen molar-refractivity contribution in [1.29, 1.82) is 0 Å². The van der Waals surface area contributed by atoms with Crippen LogP contribution in [0, 0.1) is 6.92 Å². The average molecular weight is 187 g/mol. The van der Waals surface area contributed by atoms with Crippen LogP contribution in [0.5, 0.6) is 5.75 Å². The fraction of sp³-hybridized carbons (Fsp3) is 0.333. The molecule has 0 radical (unpaired) electrons. The van der Waals surface area contributed by atoms with Gasteiger partial charge in [-0.05, 0) is 24.6 Å². The van der Waals surface area contributed by atoms with Crippen molar-refractivity contribution in [2.24, 2.45) is 0 Å². The van der Waals surface area contributed by atoms with Gasteiger partial charge in [-0.3, -0.25) is 0 Å². The summed E-state index contributed by atoms with van der Waals surface area (Å²) in [4.78, 5) is 0. The van der Waals surface area contributed by atoms with Gasteiger partial charge in [0.2, 0.25) is 0 Å². The number of benzene rings is 1. The lowest BCUT2D eigenvalue weighted by Crippen LogP contribution is -2.07. The molecule has 0 fully saturated rings. The second-order valence-electron chi connectivity index (χ2n) is 2.78. The van der Waals surface area contributed by atoms with Crippen LogP contribution < -0.4 is 10.5 Å². The fourth-order valence-corrected chi connectivity index (χ4v) is 1.02. The molecule has 13 heavy (non-hydrogen) atoms. The van der Waals surface area contributed by atoms with Crippen molar-refractivity contribution in [3.63, 3.8) is 0 Å². The molecule has 72 valence electrons. The summed E-state index contributed by atoms with van der Waals surface area (Å²) in [7, 11) is 0. The number of hydrogen-bond donors (Lipinski definition) is 1. The normalized spacial score (nSPS) is 10.5. The van der Waals surface area contributed by atoms with E-state index in [0.29, 0.717) is 11.4 Å². The van der Waals surface area contributed by atoms with Crippen molar-refractivity contribution >= 4 is 5.69 Å². The summed E-state index contributed by atoms with van der Waals surface area (Å²) in [5.41, 5.74) is 6.91. The van der Waals surface area contributed by atoms with E-state index in [2.05, 4.69) is 0 Å². The quantitative estimate of drug-likeness (QED) is 0.736. The Morgan fingerprint density at radius 1 is 1.38 bits per heavy atom. The highest BCUT2D eigenvalue weighted by atomic mass is 19.3. The molecule has 0 saturated carbocycles. The molecule has 0 aliphatic heterocycles. The third-order valence-corrected chi connectivity index (χ3v) is 1.45. The van der Waals surface area contributed by atoms with E-state index in [1.165, 1.54) is 6.07 Å². The molecule has 0 spiro atoms. The van der Waals surface area contributed by atoms with Crippen molar-refractivity contribution in [2.45, 2.75) is 13.3 Å². The van der Waals surface area contributed by atoms with Crippen LogP contribution in [-0.2, 0) is 0 Å². The molecular weight excluding hydrogens is 176 g/mol. The molecule has 0 bridgehead atoms. The maximum atomic E-state index is 11.8. The summed E-state index contributed by atoms with van der Waals surface area (Å²) < 4.78 is 28.3. The largest absolute Gasteiger partial charge is 0.488 e. The smallest absolute Gasteiger partial charge is 0.272 e. The number of hydrogen-bond acceptors (Lipinski definition) is 2. The minimum atomic E-state index is -2.46. The highest BCUT2D eigenvalue weighted by Crippen LogP contribution is 2.18. The van der Waals surface area contributed by atoms with Gasteiger partial charge >= 0.3 is 0 Å². The van der Waals surface area contributed by atoms with E-state index in [1.807, 2.05) is 6.92 Å². The molecule has 1 rings (SSSR count). The Kier molecular flexibility index (Phi) is 3.06. The van der Waals surface area contributed by atoms with E-state index < -0.39 is 13.0 Å². The summed E-state index contributed by atoms with van der Waals surface area (Å²) in [5, 5.41) is 0. The zero-order chi connectivity index (χ0) is 9.84. The number of nitrogens with two attached hydrogens (primary N) is 1. The lowest BCUT2D eigenvalue weighted by atomic mass is 10.2. The number of anilines is 1. The number of nitrogen functional groups attached to an aromatic ring is 1. The molecule has 1 aromatic carbocycles. The van der Waals surface area contributed by atoms with E-state index >= 15 is 0 Å². The monoisotopic (exact) mass is 187 g/mol. The second-order valence-corrected chi connectivity index (χ2v) is 2.78. The molecule has 0 unspecified atom stereocenters. The van der Waals surface area contributed by atoms with Crippen LogP contribution in [0.3, 0.4) is 0 Å². The number of halogens is 2. The fourth-order valence-electron chi connectivity index (χ4n) is 1.02. The first-order chi connectivity index (χ1) is 6.08. The molecule has 0 heterocycles. The minimum absolute atomic E-state index is 0.387. The Bertz CT molecular complexity index is 269. The van der Waals surface area contributed by atoms with E-state index in [1.54, 1.807) is 12.1 Å². The van der Waals surface area contributed by atoms with Gasteiger partial charge in [-0.1, -0.05) is 0 Å². The highest BCUT2D eigenvalue weighted by Gasteiger charge is 2.03. The van der Waals surface area contributed by atoms with E-state index in [0.717, 1.165) is 5.56 Å². The highest BCUT2D eigenvalue weighted by molar-refractivity contribution is 5.47. The molecule has 0 atom stereocenters. The van der Waals surface area contributed by atoms with Gasteiger partial charge in [0.1, 0.15) is 12.4 Å². The van der Waals surface area contributed by atoms with Crippen LogP contribution in [0.2, 0.25) is 0 Å². The Balaban J connectivity index is 2.66. The summed E-state index contributed by atoms with van der Waals surface area (Å²) in [6.45, 7) is 1.23. The van der Waals surface area contributed by atoms with Crippen molar-refractivity contribution in [3.8, 4) is 5.75 Å². The molecule has 0 amide bonds. The molecule has 0 aromatic heterocycles. The molecule has 2 nitrogen and oxygen atoms in total. The maximum Gasteiger partial charge on any atom is 0.272 e.